The van der Waals surface area contributed by atoms with Crippen LogP contribution in [-0.2, 0) is 0 Å². The average Bonchev–Trinajstić information content (AvgIpc) is 2.37. The van der Waals surface area contributed by atoms with E-state index in [1.165, 1.54) is 6.07 Å². The SMILES string of the molecule is Nc1cc(F)c(F)cc1C(=O)Nc1ccc(F)cc1Br. The first-order chi connectivity index (χ1) is 9.38. The Balaban J connectivity index is 2.31. The number of nitrogen functional groups attached to an aromatic ring is 1. The summed E-state index contributed by atoms with van der Waals surface area (Å²) in [5, 5.41) is 2.42. The topological polar surface area (TPSA) is 55.1 Å². The van der Waals surface area contributed by atoms with Crippen molar-refractivity contribution in [2.45, 2.75) is 0 Å². The largest absolute Gasteiger partial charge is 0.398 e. The van der Waals surface area contributed by atoms with Crippen LogP contribution in [0.4, 0.5) is 24.5 Å². The van der Waals surface area contributed by atoms with Crippen molar-refractivity contribution in [3.05, 3.63) is 57.8 Å². The molecule has 0 fully saturated rings. The number of hydrogen-bond acceptors (Lipinski definition) is 2. The first-order valence-corrected chi connectivity index (χ1v) is 6.18. The second-order valence-electron chi connectivity index (χ2n) is 3.93. The Hall–Kier alpha value is -2.02. The van der Waals surface area contributed by atoms with E-state index >= 15 is 0 Å². The average molecular weight is 345 g/mol. The van der Waals surface area contributed by atoms with Crippen molar-refractivity contribution >= 4 is 33.2 Å². The van der Waals surface area contributed by atoms with E-state index < -0.39 is 23.4 Å². The fourth-order valence-corrected chi connectivity index (χ4v) is 1.99. The van der Waals surface area contributed by atoms with Gasteiger partial charge >= 0.3 is 0 Å². The molecule has 3 N–H and O–H groups in total. The maximum absolute atomic E-state index is 13.1. The van der Waals surface area contributed by atoms with Crippen LogP contribution in [0.2, 0.25) is 0 Å². The van der Waals surface area contributed by atoms with Crippen LogP contribution in [-0.4, -0.2) is 5.91 Å². The Bertz CT molecular complexity index is 692. The summed E-state index contributed by atoms with van der Waals surface area (Å²) in [6.45, 7) is 0. The van der Waals surface area contributed by atoms with E-state index in [0.717, 1.165) is 18.2 Å². The minimum absolute atomic E-state index is 0.195. The Morgan fingerprint density at radius 2 is 1.75 bits per heavy atom. The first-order valence-electron chi connectivity index (χ1n) is 5.39. The molecule has 1 amide bonds. The number of carbonyl (C=O) groups excluding carboxylic acids is 1. The molecule has 104 valence electrons. The summed E-state index contributed by atoms with van der Waals surface area (Å²) in [6.07, 6.45) is 0. The summed E-state index contributed by atoms with van der Waals surface area (Å²) >= 11 is 3.07. The molecule has 0 unspecified atom stereocenters. The van der Waals surface area contributed by atoms with E-state index in [1.807, 2.05) is 0 Å². The third-order valence-corrected chi connectivity index (χ3v) is 3.17. The first kappa shape index (κ1) is 14.4. The predicted molar refractivity (Wildman–Crippen MR) is 72.8 cm³/mol. The molecule has 0 saturated carbocycles. The lowest BCUT2D eigenvalue weighted by molar-refractivity contribution is 0.102. The summed E-state index contributed by atoms with van der Waals surface area (Å²) in [6, 6.07) is 5.06. The van der Waals surface area contributed by atoms with Gasteiger partial charge in [-0.15, -0.1) is 0 Å². The molecule has 0 aliphatic carbocycles. The van der Waals surface area contributed by atoms with E-state index in [0.29, 0.717) is 10.5 Å². The van der Waals surface area contributed by atoms with E-state index in [2.05, 4.69) is 21.2 Å². The zero-order valence-electron chi connectivity index (χ0n) is 9.88. The summed E-state index contributed by atoms with van der Waals surface area (Å²) in [5.41, 5.74) is 5.34. The number of nitrogens with two attached hydrogens (primary N) is 1. The number of anilines is 2. The van der Waals surface area contributed by atoms with Gasteiger partial charge in [0.15, 0.2) is 11.6 Å². The van der Waals surface area contributed by atoms with E-state index in [9.17, 15) is 18.0 Å². The van der Waals surface area contributed by atoms with Gasteiger partial charge in [-0.25, -0.2) is 13.2 Å². The molecular weight excluding hydrogens is 337 g/mol. The molecule has 0 bridgehead atoms. The highest BCUT2D eigenvalue weighted by atomic mass is 79.9. The second kappa shape index (κ2) is 5.54. The molecular formula is C13H8BrF3N2O. The van der Waals surface area contributed by atoms with Crippen molar-refractivity contribution in [1.82, 2.24) is 0 Å². The van der Waals surface area contributed by atoms with Crippen LogP contribution in [0.5, 0.6) is 0 Å². The molecule has 20 heavy (non-hydrogen) atoms. The molecule has 0 saturated heterocycles. The lowest BCUT2D eigenvalue weighted by atomic mass is 10.1. The van der Waals surface area contributed by atoms with Gasteiger partial charge in [0.05, 0.1) is 11.3 Å². The van der Waals surface area contributed by atoms with Crippen LogP contribution in [0.1, 0.15) is 10.4 Å². The zero-order chi connectivity index (χ0) is 14.9. The van der Waals surface area contributed by atoms with E-state index in [-0.39, 0.29) is 16.9 Å². The highest BCUT2D eigenvalue weighted by Crippen LogP contribution is 2.25. The van der Waals surface area contributed by atoms with Crippen molar-refractivity contribution in [3.63, 3.8) is 0 Å². The number of nitrogens with one attached hydrogen (secondary N) is 1. The van der Waals surface area contributed by atoms with Gasteiger partial charge in [-0.05, 0) is 40.2 Å². The maximum atomic E-state index is 13.1. The van der Waals surface area contributed by atoms with Crippen LogP contribution in [0.15, 0.2) is 34.8 Å². The van der Waals surface area contributed by atoms with Gasteiger partial charge in [0.1, 0.15) is 5.82 Å². The van der Waals surface area contributed by atoms with Gasteiger partial charge < -0.3 is 11.1 Å². The maximum Gasteiger partial charge on any atom is 0.257 e. The van der Waals surface area contributed by atoms with Gasteiger partial charge in [0.2, 0.25) is 0 Å². The molecule has 0 aliphatic heterocycles. The lowest BCUT2D eigenvalue weighted by Crippen LogP contribution is -2.15. The molecule has 0 spiro atoms. The molecule has 0 radical (unpaired) electrons. The molecule has 0 aromatic heterocycles. The van der Waals surface area contributed by atoms with Crippen LogP contribution >= 0.6 is 15.9 Å². The summed E-state index contributed by atoms with van der Waals surface area (Å²) in [7, 11) is 0. The molecule has 0 aliphatic rings. The predicted octanol–water partition coefficient (Wildman–Crippen LogP) is 3.70. The fraction of sp³-hybridized carbons (Fsp3) is 0. The highest BCUT2D eigenvalue weighted by Gasteiger charge is 2.15. The highest BCUT2D eigenvalue weighted by molar-refractivity contribution is 9.10. The molecule has 2 rings (SSSR count). The number of rotatable bonds is 2. The van der Waals surface area contributed by atoms with Gasteiger partial charge in [0, 0.05) is 16.2 Å². The summed E-state index contributed by atoms with van der Waals surface area (Å²) < 4.78 is 39.3. The van der Waals surface area contributed by atoms with Crippen LogP contribution in [0, 0.1) is 17.5 Å². The summed E-state index contributed by atoms with van der Waals surface area (Å²) in [5.74, 6) is -3.53. The summed E-state index contributed by atoms with van der Waals surface area (Å²) in [4.78, 5) is 11.9. The lowest BCUT2D eigenvalue weighted by Gasteiger charge is -2.09. The second-order valence-corrected chi connectivity index (χ2v) is 4.79. The molecule has 0 heterocycles. The van der Waals surface area contributed by atoms with Gasteiger partial charge in [0.25, 0.3) is 5.91 Å². The molecule has 7 heteroatoms. The number of carbonyl (C=O) groups is 1. The third-order valence-electron chi connectivity index (χ3n) is 2.52. The monoisotopic (exact) mass is 344 g/mol. The smallest absolute Gasteiger partial charge is 0.257 e. The van der Waals surface area contributed by atoms with E-state index in [1.54, 1.807) is 0 Å². The van der Waals surface area contributed by atoms with Crippen molar-refractivity contribution in [1.29, 1.82) is 0 Å². The molecule has 3 nitrogen and oxygen atoms in total. The number of hydrogen-bond donors (Lipinski definition) is 2. The van der Waals surface area contributed by atoms with Crippen LogP contribution in [0.3, 0.4) is 0 Å². The van der Waals surface area contributed by atoms with E-state index in [4.69, 9.17) is 5.73 Å². The Labute approximate surface area is 120 Å². The Kier molecular flexibility index (Phi) is 3.99. The van der Waals surface area contributed by atoms with Gasteiger partial charge in [-0.1, -0.05) is 0 Å². The van der Waals surface area contributed by atoms with Crippen molar-refractivity contribution in [2.24, 2.45) is 0 Å². The molecule has 0 atom stereocenters. The third kappa shape index (κ3) is 2.93. The quantitative estimate of drug-likeness (QED) is 0.816. The zero-order valence-corrected chi connectivity index (χ0v) is 11.5. The number of benzene rings is 2. The molecule has 2 aromatic rings. The van der Waals surface area contributed by atoms with Crippen molar-refractivity contribution in [2.75, 3.05) is 11.1 Å². The van der Waals surface area contributed by atoms with Gasteiger partial charge in [-0.3, -0.25) is 4.79 Å². The van der Waals surface area contributed by atoms with Crippen molar-refractivity contribution in [3.8, 4) is 0 Å². The van der Waals surface area contributed by atoms with Crippen molar-refractivity contribution < 1.29 is 18.0 Å². The number of halogens is 4. The van der Waals surface area contributed by atoms with Gasteiger partial charge in [-0.2, -0.15) is 0 Å². The Morgan fingerprint density at radius 3 is 2.40 bits per heavy atom. The van der Waals surface area contributed by atoms with Crippen LogP contribution in [0.25, 0.3) is 0 Å². The fourth-order valence-electron chi connectivity index (χ4n) is 1.54. The minimum atomic E-state index is -1.18. The normalized spacial score (nSPS) is 10.4. The number of amides is 1. The van der Waals surface area contributed by atoms with Crippen LogP contribution < -0.4 is 11.1 Å². The standard InChI is InChI=1S/C13H8BrF3N2O/c14-8-3-6(15)1-2-12(8)19-13(20)7-4-9(16)10(17)5-11(7)18/h1-5H,18H2,(H,19,20). The molecule has 2 aromatic carbocycles. The Morgan fingerprint density at radius 1 is 1.10 bits per heavy atom. The minimum Gasteiger partial charge on any atom is -0.398 e.